The number of hydrogen-bond donors (Lipinski definition) is 0. The highest BCUT2D eigenvalue weighted by Gasteiger charge is 2.67. The number of amidine groups is 1. The molecule has 0 aromatic carbocycles. The van der Waals surface area contributed by atoms with Gasteiger partial charge in [0.25, 0.3) is 0 Å². The van der Waals surface area contributed by atoms with Crippen LogP contribution in [0.5, 0.6) is 0 Å². The molecule has 0 radical (unpaired) electrons. The fraction of sp³-hybridized carbons (Fsp3) is 0.571. The number of carbonyl (C=O) groups is 4. The van der Waals surface area contributed by atoms with E-state index in [0.717, 1.165) is 0 Å². The zero-order chi connectivity index (χ0) is 27.8. The van der Waals surface area contributed by atoms with Crippen molar-refractivity contribution in [1.29, 1.82) is 0 Å². The first kappa shape index (κ1) is 27.5. The Morgan fingerprint density at radius 1 is 1.21 bits per heavy atom. The highest BCUT2D eigenvalue weighted by molar-refractivity contribution is 5.96. The summed E-state index contributed by atoms with van der Waals surface area (Å²) in [7, 11) is 1.30. The molecule has 204 valence electrons. The van der Waals surface area contributed by atoms with Crippen LogP contribution in [0.15, 0.2) is 44.8 Å². The summed E-state index contributed by atoms with van der Waals surface area (Å²) in [5.74, 6) is -3.50. The van der Waals surface area contributed by atoms with Gasteiger partial charge in [0.05, 0.1) is 37.0 Å². The third-order valence-corrected chi connectivity index (χ3v) is 8.75. The van der Waals surface area contributed by atoms with E-state index >= 15 is 0 Å². The molecule has 0 bridgehead atoms. The number of ether oxygens (including phenoxy) is 3. The summed E-state index contributed by atoms with van der Waals surface area (Å²) in [4.78, 5) is 61.1. The lowest BCUT2D eigenvalue weighted by Gasteiger charge is -2.61. The van der Waals surface area contributed by atoms with Gasteiger partial charge in [0, 0.05) is 24.1 Å². The van der Waals surface area contributed by atoms with Crippen LogP contribution in [-0.4, -0.2) is 49.5 Å². The van der Waals surface area contributed by atoms with Crippen LogP contribution >= 0.6 is 0 Å². The Kier molecular flexibility index (Phi) is 7.45. The predicted molar refractivity (Wildman–Crippen MR) is 136 cm³/mol. The molecular weight excluding hydrogens is 492 g/mol. The van der Waals surface area contributed by atoms with Crippen LogP contribution in [0.3, 0.4) is 0 Å². The van der Waals surface area contributed by atoms with Crippen LogP contribution in [0, 0.1) is 28.6 Å². The number of hydrogen-bond acceptors (Lipinski definition) is 9. The molecule has 3 aliphatic rings. The minimum atomic E-state index is -1.18. The Hall–Kier alpha value is -3.56. The molecule has 10 heteroatoms. The van der Waals surface area contributed by atoms with Crippen molar-refractivity contribution in [2.45, 2.75) is 65.6 Å². The molecule has 2 saturated carbocycles. The topological polar surface area (TPSA) is 134 Å². The van der Waals surface area contributed by atoms with E-state index < -0.39 is 52.7 Å². The van der Waals surface area contributed by atoms with Gasteiger partial charge in [0.15, 0.2) is 11.9 Å². The third kappa shape index (κ3) is 4.61. The van der Waals surface area contributed by atoms with Crippen molar-refractivity contribution in [2.75, 3.05) is 7.11 Å². The molecule has 3 fully saturated rings. The Morgan fingerprint density at radius 2 is 1.95 bits per heavy atom. The largest absolute Gasteiger partial charge is 0.472 e. The second kappa shape index (κ2) is 10.3. The Bertz CT molecular complexity index is 1200. The van der Waals surface area contributed by atoms with Gasteiger partial charge in [-0.05, 0) is 56.7 Å². The van der Waals surface area contributed by atoms with Gasteiger partial charge >= 0.3 is 17.9 Å². The predicted octanol–water partition coefficient (Wildman–Crippen LogP) is 4.00. The van der Waals surface area contributed by atoms with Crippen molar-refractivity contribution in [3.8, 4) is 0 Å². The maximum atomic E-state index is 14.2. The number of rotatable bonds is 5. The Balaban J connectivity index is 1.72. The monoisotopic (exact) mass is 526 g/mol. The van der Waals surface area contributed by atoms with Crippen LogP contribution in [-0.2, 0) is 33.4 Å². The van der Waals surface area contributed by atoms with Crippen molar-refractivity contribution < 1.29 is 37.8 Å². The van der Waals surface area contributed by atoms with Gasteiger partial charge in [-0.25, -0.2) is 14.8 Å². The summed E-state index contributed by atoms with van der Waals surface area (Å²) in [5, 5.41) is 0. The minimum Gasteiger partial charge on any atom is -0.472 e. The molecule has 10 nitrogen and oxygen atoms in total. The number of ketones is 1. The summed E-state index contributed by atoms with van der Waals surface area (Å²) >= 11 is 0. The van der Waals surface area contributed by atoms with Crippen molar-refractivity contribution in [3.63, 3.8) is 0 Å². The van der Waals surface area contributed by atoms with E-state index in [1.165, 1.54) is 32.8 Å². The average molecular weight is 527 g/mol. The maximum absolute atomic E-state index is 14.2. The molecule has 1 saturated heterocycles. The molecule has 1 aromatic heterocycles. The lowest BCUT2D eigenvalue weighted by molar-refractivity contribution is -0.210. The van der Waals surface area contributed by atoms with E-state index in [2.05, 4.69) is 16.7 Å². The molecule has 2 heterocycles. The zero-order valence-corrected chi connectivity index (χ0v) is 22.4. The van der Waals surface area contributed by atoms with Gasteiger partial charge in [0.2, 0.25) is 0 Å². The number of aliphatic imine (C=N–C) groups is 2. The van der Waals surface area contributed by atoms with E-state index in [0.29, 0.717) is 30.7 Å². The summed E-state index contributed by atoms with van der Waals surface area (Å²) in [6, 6.07) is 1.73. The molecule has 1 aromatic rings. The number of carbonyl (C=O) groups excluding carboxylic acids is 4. The highest BCUT2D eigenvalue weighted by atomic mass is 16.6. The summed E-state index contributed by atoms with van der Waals surface area (Å²) in [5.41, 5.74) is -0.774. The average Bonchev–Trinajstić information content (AvgIpc) is 3.42. The minimum absolute atomic E-state index is 0.00435. The van der Waals surface area contributed by atoms with Crippen molar-refractivity contribution >= 4 is 36.2 Å². The van der Waals surface area contributed by atoms with Gasteiger partial charge in [-0.3, -0.25) is 14.4 Å². The van der Waals surface area contributed by atoms with Crippen LogP contribution in [0.4, 0.5) is 0 Å². The lowest BCUT2D eigenvalue weighted by atomic mass is 9.43. The summed E-state index contributed by atoms with van der Waals surface area (Å²) in [6.07, 6.45) is 3.85. The second-order valence-electron chi connectivity index (χ2n) is 11.0. The van der Waals surface area contributed by atoms with E-state index in [-0.39, 0.29) is 23.7 Å². The van der Waals surface area contributed by atoms with Crippen LogP contribution in [0.2, 0.25) is 0 Å². The number of Topliss-reactive ketones (excluding diaryl/α,β-unsaturated/α-hetero) is 1. The van der Waals surface area contributed by atoms with E-state index in [1.54, 1.807) is 13.0 Å². The van der Waals surface area contributed by atoms with Gasteiger partial charge < -0.3 is 18.6 Å². The molecular formula is C28H34N2O8. The van der Waals surface area contributed by atoms with Gasteiger partial charge in [-0.15, -0.1) is 0 Å². The van der Waals surface area contributed by atoms with E-state index in [4.69, 9.17) is 18.6 Å². The molecule has 0 unspecified atom stereocenters. The number of cyclic esters (lactones) is 1. The lowest BCUT2D eigenvalue weighted by Crippen LogP contribution is -2.64. The fourth-order valence-electron chi connectivity index (χ4n) is 6.77. The quantitative estimate of drug-likeness (QED) is 0.185. The molecule has 0 spiro atoms. The molecule has 38 heavy (non-hydrogen) atoms. The van der Waals surface area contributed by atoms with E-state index in [9.17, 15) is 19.2 Å². The Morgan fingerprint density at radius 3 is 2.58 bits per heavy atom. The van der Waals surface area contributed by atoms with Crippen molar-refractivity contribution in [3.05, 3.63) is 35.9 Å². The third-order valence-electron chi connectivity index (χ3n) is 8.75. The first-order valence-corrected chi connectivity index (χ1v) is 12.7. The zero-order valence-electron chi connectivity index (χ0n) is 22.4. The molecule has 7 atom stereocenters. The number of fused-ring (bicyclic) bond motifs is 3. The first-order valence-electron chi connectivity index (χ1n) is 12.7. The molecule has 1 aliphatic heterocycles. The number of nitrogens with zero attached hydrogens (tertiary/aromatic N) is 2. The Labute approximate surface area is 221 Å². The van der Waals surface area contributed by atoms with Crippen LogP contribution in [0.25, 0.3) is 0 Å². The SMILES string of the molecule is C=NC(C)=N/C=C(\C)C(=O)O[C@H]1C[C@@H](C(=O)OC)[C@]2(C)CC[C@H]3C(=O)O[C@H](c4ccoc4)C[C@]3(C)[C@H]2C1=O. The smallest absolute Gasteiger partial charge is 0.335 e. The highest BCUT2D eigenvalue weighted by Crippen LogP contribution is 2.65. The van der Waals surface area contributed by atoms with Crippen molar-refractivity contribution in [2.24, 2.45) is 38.6 Å². The van der Waals surface area contributed by atoms with E-state index in [1.807, 2.05) is 13.8 Å². The summed E-state index contributed by atoms with van der Waals surface area (Å²) in [6.45, 7) is 10.3. The van der Waals surface area contributed by atoms with Gasteiger partial charge in [0.1, 0.15) is 11.9 Å². The molecule has 0 N–H and O–H groups in total. The van der Waals surface area contributed by atoms with Gasteiger partial charge in [-0.1, -0.05) is 13.8 Å². The van der Waals surface area contributed by atoms with Crippen LogP contribution in [0.1, 0.15) is 65.0 Å². The fourth-order valence-corrected chi connectivity index (χ4v) is 6.77. The van der Waals surface area contributed by atoms with Gasteiger partial charge in [-0.2, -0.15) is 0 Å². The molecule has 0 amide bonds. The standard InChI is InChI=1S/C28H34N2O8/c1-15(13-30-16(2)29-5)24(32)37-20-11-19(25(33)35-6)27(3)9-7-18-26(34)38-21(17-8-10-36-14-17)12-28(18,4)23(27)22(20)31/h8,10,13-14,18-21,23H,5,7,9,11-12H2,1-4,6H3/b15-13+,30-16?/t18-,19-,20-,21-,23-,27-,28-/m0/s1. The normalized spacial score (nSPS) is 35.4. The first-order chi connectivity index (χ1) is 18.0. The number of methoxy groups -OCH3 is 1. The van der Waals surface area contributed by atoms with Crippen LogP contribution < -0.4 is 0 Å². The maximum Gasteiger partial charge on any atom is 0.335 e. The summed E-state index contributed by atoms with van der Waals surface area (Å²) < 4.78 is 21.8. The second-order valence-corrected chi connectivity index (χ2v) is 11.0. The molecule has 2 aliphatic carbocycles. The number of furan rings is 1. The number of esters is 3. The van der Waals surface area contributed by atoms with Crippen molar-refractivity contribution in [1.82, 2.24) is 0 Å². The molecule has 4 rings (SSSR count).